The number of imidazole rings is 1. The summed E-state index contributed by atoms with van der Waals surface area (Å²) < 4.78 is 56.3. The van der Waals surface area contributed by atoms with Gasteiger partial charge in [-0.1, -0.05) is 0 Å². The highest BCUT2D eigenvalue weighted by molar-refractivity contribution is 6.04. The Kier molecular flexibility index (Phi) is 6.57. The maximum atomic E-state index is 15.5. The molecule has 42 heavy (non-hydrogen) atoms. The monoisotopic (exact) mass is 580 g/mol. The van der Waals surface area contributed by atoms with E-state index in [0.717, 1.165) is 37.6 Å². The number of piperidine rings is 1. The van der Waals surface area contributed by atoms with Crippen LogP contribution in [0, 0.1) is 5.82 Å². The van der Waals surface area contributed by atoms with Crippen molar-refractivity contribution in [3.05, 3.63) is 71.6 Å². The van der Waals surface area contributed by atoms with Crippen LogP contribution in [0.2, 0.25) is 0 Å². The quantitative estimate of drug-likeness (QED) is 0.242. The third-order valence-electron chi connectivity index (χ3n) is 7.78. The minimum atomic E-state index is -4.61. The molecular weight excluding hydrogens is 556 g/mol. The zero-order chi connectivity index (χ0) is 29.6. The number of carbonyl (C=O) groups excluding carboxylic acids is 2. The van der Waals surface area contributed by atoms with Crippen molar-refractivity contribution >= 4 is 34.9 Å². The van der Waals surface area contributed by atoms with E-state index in [9.17, 15) is 22.8 Å². The van der Waals surface area contributed by atoms with Gasteiger partial charge in [-0.15, -0.1) is 0 Å². The van der Waals surface area contributed by atoms with Crippen LogP contribution in [0.4, 0.5) is 35.1 Å². The number of halogens is 4. The third kappa shape index (κ3) is 4.90. The van der Waals surface area contributed by atoms with Gasteiger partial charge in [0.25, 0.3) is 5.91 Å². The molecule has 2 fully saturated rings. The fourth-order valence-electron chi connectivity index (χ4n) is 5.57. The number of fused-ring (bicyclic) bond motifs is 1. The van der Waals surface area contributed by atoms with Crippen LogP contribution in [0.15, 0.2) is 54.6 Å². The number of hydrogen-bond donors (Lipinski definition) is 3. The number of pyridine rings is 1. The standard InChI is InChI=1S/C28H24F4N8O2/c29-20-13-16(25(42)36-21-14-17(4-8-34-21)28(30,31)32)1-2-19(20)22-23-24(33)35-9-12-40(23)26(37-22)39-10-6-27(7-11-39)5-3-18(15-41)38-27/h1-2,4,8-9,12-14,38H,3,5-7,10-11H2,(H2,33,35)(H,34,36,42). The lowest BCUT2D eigenvalue weighted by molar-refractivity contribution is -0.137. The third-order valence-corrected chi connectivity index (χ3v) is 7.78. The van der Waals surface area contributed by atoms with Crippen LogP contribution in [0.25, 0.3) is 16.8 Å². The van der Waals surface area contributed by atoms with Gasteiger partial charge in [0.2, 0.25) is 5.95 Å². The van der Waals surface area contributed by atoms with E-state index in [-0.39, 0.29) is 34.0 Å². The van der Waals surface area contributed by atoms with Gasteiger partial charge in [0, 0.05) is 54.8 Å². The summed E-state index contributed by atoms with van der Waals surface area (Å²) in [6, 6.07) is 5.16. The molecule has 1 amide bonds. The van der Waals surface area contributed by atoms with Gasteiger partial charge in [0.1, 0.15) is 34.6 Å². The molecule has 1 aromatic carbocycles. The average Bonchev–Trinajstić information content (AvgIpc) is 3.56. The average molecular weight is 581 g/mol. The summed E-state index contributed by atoms with van der Waals surface area (Å²) in [7, 11) is 0. The van der Waals surface area contributed by atoms with E-state index in [1.165, 1.54) is 18.3 Å². The topological polar surface area (TPSA) is 131 Å². The predicted molar refractivity (Wildman–Crippen MR) is 146 cm³/mol. The van der Waals surface area contributed by atoms with Gasteiger partial charge in [-0.05, 0) is 49.6 Å². The van der Waals surface area contributed by atoms with Crippen molar-refractivity contribution < 1.29 is 27.2 Å². The molecule has 0 saturated carbocycles. The number of nitrogen functional groups attached to an aromatic ring is 1. The minimum absolute atomic E-state index is 0.0684. The number of aromatic nitrogens is 4. The zero-order valence-electron chi connectivity index (χ0n) is 22.0. The van der Waals surface area contributed by atoms with E-state index in [1.54, 1.807) is 10.6 Å². The van der Waals surface area contributed by atoms with Gasteiger partial charge in [0.05, 0.1) is 11.3 Å². The van der Waals surface area contributed by atoms with Gasteiger partial charge < -0.3 is 21.3 Å². The highest BCUT2D eigenvalue weighted by Gasteiger charge is 2.40. The Labute approximate surface area is 236 Å². The second-order valence-electron chi connectivity index (χ2n) is 10.3. The number of nitrogens with zero attached hydrogens (tertiary/aromatic N) is 5. The smallest absolute Gasteiger partial charge is 0.382 e. The van der Waals surface area contributed by atoms with Crippen molar-refractivity contribution in [2.75, 3.05) is 29.0 Å². The Balaban J connectivity index is 1.28. The van der Waals surface area contributed by atoms with Crippen molar-refractivity contribution in [3.8, 4) is 11.3 Å². The number of nitrogens with one attached hydrogen (secondary N) is 2. The first-order chi connectivity index (χ1) is 20.1. The van der Waals surface area contributed by atoms with Crippen LogP contribution in [0.3, 0.4) is 0 Å². The molecule has 0 aliphatic carbocycles. The largest absolute Gasteiger partial charge is 0.416 e. The Morgan fingerprint density at radius 3 is 2.57 bits per heavy atom. The van der Waals surface area contributed by atoms with Crippen molar-refractivity contribution in [2.45, 2.75) is 37.4 Å². The highest BCUT2D eigenvalue weighted by atomic mass is 19.4. The van der Waals surface area contributed by atoms with E-state index in [1.807, 2.05) is 5.94 Å². The molecule has 2 aliphatic rings. The number of benzene rings is 1. The number of rotatable bonds is 4. The predicted octanol–water partition coefficient (Wildman–Crippen LogP) is 4.22. The van der Waals surface area contributed by atoms with Crippen LogP contribution < -0.4 is 21.3 Å². The minimum Gasteiger partial charge on any atom is -0.382 e. The first-order valence-electron chi connectivity index (χ1n) is 13.1. The van der Waals surface area contributed by atoms with Crippen LogP contribution >= 0.6 is 0 Å². The summed E-state index contributed by atoms with van der Waals surface area (Å²) in [5.41, 5.74) is 6.22. The fourth-order valence-corrected chi connectivity index (χ4v) is 5.57. The van der Waals surface area contributed by atoms with Crippen LogP contribution in [-0.4, -0.2) is 49.8 Å². The Bertz CT molecular complexity index is 1750. The zero-order valence-corrected chi connectivity index (χ0v) is 22.0. The molecule has 0 unspecified atom stereocenters. The van der Waals surface area contributed by atoms with Gasteiger partial charge in [-0.25, -0.2) is 24.1 Å². The molecular formula is C28H24F4N8O2. The maximum absolute atomic E-state index is 15.5. The number of allylic oxidation sites excluding steroid dienone is 1. The first-order valence-corrected chi connectivity index (χ1v) is 13.1. The fraction of sp³-hybridized carbons (Fsp3) is 0.286. The molecule has 6 rings (SSSR count). The lowest BCUT2D eigenvalue weighted by Gasteiger charge is -2.39. The van der Waals surface area contributed by atoms with Crippen molar-refractivity contribution in [1.82, 2.24) is 24.7 Å². The van der Waals surface area contributed by atoms with E-state index < -0.39 is 23.5 Å². The molecule has 14 heteroatoms. The van der Waals surface area contributed by atoms with Crippen molar-refractivity contribution in [2.24, 2.45) is 0 Å². The summed E-state index contributed by atoms with van der Waals surface area (Å²) in [6.07, 6.45) is 2.58. The van der Waals surface area contributed by atoms with Gasteiger partial charge in [0.15, 0.2) is 0 Å². The van der Waals surface area contributed by atoms with Gasteiger partial charge in [-0.2, -0.15) is 13.2 Å². The van der Waals surface area contributed by atoms with Crippen LogP contribution in [0.1, 0.15) is 41.6 Å². The molecule has 4 N–H and O–H groups in total. The lowest BCUT2D eigenvalue weighted by Crippen LogP contribution is -2.50. The molecule has 1 spiro atoms. The molecule has 2 aliphatic heterocycles. The van der Waals surface area contributed by atoms with E-state index in [0.29, 0.717) is 42.7 Å². The number of alkyl halides is 3. The summed E-state index contributed by atoms with van der Waals surface area (Å²) in [6.45, 7) is 1.26. The normalized spacial score (nSPS) is 16.5. The molecule has 3 aromatic heterocycles. The highest BCUT2D eigenvalue weighted by Crippen LogP contribution is 2.38. The second kappa shape index (κ2) is 10.1. The molecule has 0 bridgehead atoms. The number of amides is 1. The molecule has 216 valence electrons. The molecule has 4 aromatic rings. The molecule has 5 heterocycles. The van der Waals surface area contributed by atoms with E-state index >= 15 is 4.39 Å². The maximum Gasteiger partial charge on any atom is 0.416 e. The molecule has 0 radical (unpaired) electrons. The Morgan fingerprint density at radius 1 is 1.10 bits per heavy atom. The molecule has 2 saturated heterocycles. The lowest BCUT2D eigenvalue weighted by atomic mass is 9.86. The molecule has 10 nitrogen and oxygen atoms in total. The van der Waals surface area contributed by atoms with Crippen molar-refractivity contribution in [1.29, 1.82) is 0 Å². The molecule has 0 atom stereocenters. The Morgan fingerprint density at radius 2 is 1.88 bits per heavy atom. The van der Waals surface area contributed by atoms with E-state index in [4.69, 9.17) is 10.7 Å². The van der Waals surface area contributed by atoms with E-state index in [2.05, 4.69) is 25.5 Å². The van der Waals surface area contributed by atoms with Gasteiger partial charge >= 0.3 is 6.18 Å². The number of nitrogens with two attached hydrogens (primary N) is 1. The van der Waals surface area contributed by atoms with Crippen molar-refractivity contribution in [3.63, 3.8) is 0 Å². The Hall–Kier alpha value is -4.97. The first kappa shape index (κ1) is 27.2. The number of anilines is 3. The summed E-state index contributed by atoms with van der Waals surface area (Å²) in [5.74, 6) is 0.708. The SMILES string of the molecule is Nc1nccn2c(N3CCC4(CCC(=C=O)N4)CC3)nc(-c3ccc(C(=O)Nc4cc(C(F)(F)F)ccn4)cc3F)c12. The summed E-state index contributed by atoms with van der Waals surface area (Å²) in [5, 5.41) is 5.59. The number of hydrogen-bond acceptors (Lipinski definition) is 8. The summed E-state index contributed by atoms with van der Waals surface area (Å²) in [4.78, 5) is 38.5. The van der Waals surface area contributed by atoms with Crippen LogP contribution in [-0.2, 0) is 11.0 Å². The summed E-state index contributed by atoms with van der Waals surface area (Å²) >= 11 is 0. The van der Waals surface area contributed by atoms with Gasteiger partial charge in [-0.3, -0.25) is 9.20 Å². The number of carbonyl (C=O) groups is 1. The van der Waals surface area contributed by atoms with Crippen LogP contribution in [0.5, 0.6) is 0 Å². The second-order valence-corrected chi connectivity index (χ2v) is 10.3.